The molecule has 0 saturated heterocycles. The van der Waals surface area contributed by atoms with Crippen molar-refractivity contribution in [2.24, 2.45) is 0 Å². The van der Waals surface area contributed by atoms with Crippen LogP contribution in [0.5, 0.6) is 0 Å². The van der Waals surface area contributed by atoms with Gasteiger partial charge in [-0.3, -0.25) is 5.10 Å². The summed E-state index contributed by atoms with van der Waals surface area (Å²) < 4.78 is 0.868. The fraction of sp³-hybridized carbons (Fsp3) is 0.250. The van der Waals surface area contributed by atoms with Crippen LogP contribution in [0.4, 0.5) is 5.82 Å². The largest absolute Gasteiger partial charge is 0.382 e. The molecule has 0 aliphatic rings. The summed E-state index contributed by atoms with van der Waals surface area (Å²) in [4.78, 5) is 0. The summed E-state index contributed by atoms with van der Waals surface area (Å²) >= 11 is 9.39. The van der Waals surface area contributed by atoms with Gasteiger partial charge in [-0.1, -0.05) is 31.0 Å². The highest BCUT2D eigenvalue weighted by Gasteiger charge is 2.12. The summed E-state index contributed by atoms with van der Waals surface area (Å²) in [5.41, 5.74) is 8.93. The Morgan fingerprint density at radius 2 is 2.24 bits per heavy atom. The van der Waals surface area contributed by atoms with Crippen LogP contribution in [-0.4, -0.2) is 10.2 Å². The number of rotatable bonds is 3. The number of halogens is 2. The van der Waals surface area contributed by atoms with E-state index >= 15 is 0 Å². The second-order valence-electron chi connectivity index (χ2n) is 3.84. The Bertz CT molecular complexity index is 537. The molecule has 3 N–H and O–H groups in total. The first kappa shape index (κ1) is 12.5. The quantitative estimate of drug-likeness (QED) is 0.898. The van der Waals surface area contributed by atoms with Gasteiger partial charge in [0, 0.05) is 15.6 Å². The molecule has 3 nitrogen and oxygen atoms in total. The predicted molar refractivity (Wildman–Crippen MR) is 75.1 cm³/mol. The maximum absolute atomic E-state index is 5.98. The number of nitrogen functional groups attached to an aromatic ring is 1. The van der Waals surface area contributed by atoms with Crippen molar-refractivity contribution in [1.29, 1.82) is 0 Å². The number of nitrogens with two attached hydrogens (primary N) is 1. The minimum Gasteiger partial charge on any atom is -0.382 e. The smallest absolute Gasteiger partial charge is 0.149 e. The summed E-state index contributed by atoms with van der Waals surface area (Å²) in [5, 5.41) is 7.74. The number of hydrogen-bond donors (Lipinski definition) is 2. The van der Waals surface area contributed by atoms with Crippen molar-refractivity contribution in [3.05, 3.63) is 33.3 Å². The van der Waals surface area contributed by atoms with Crippen molar-refractivity contribution in [1.82, 2.24) is 10.2 Å². The molecule has 0 aliphatic carbocycles. The molecule has 1 heterocycles. The Hall–Kier alpha value is -1.000. The van der Waals surface area contributed by atoms with Crippen LogP contribution in [0, 0.1) is 0 Å². The highest BCUT2D eigenvalue weighted by molar-refractivity contribution is 9.10. The number of benzene rings is 1. The average molecular weight is 315 g/mol. The van der Waals surface area contributed by atoms with E-state index in [1.165, 1.54) is 0 Å². The lowest BCUT2D eigenvalue weighted by molar-refractivity contribution is 0.927. The van der Waals surface area contributed by atoms with Gasteiger partial charge in [0.1, 0.15) is 5.82 Å². The van der Waals surface area contributed by atoms with Crippen LogP contribution in [0.25, 0.3) is 11.3 Å². The first-order chi connectivity index (χ1) is 8.13. The topological polar surface area (TPSA) is 54.7 Å². The minimum atomic E-state index is 0.577. The lowest BCUT2D eigenvalue weighted by Crippen LogP contribution is -1.92. The molecule has 0 spiro atoms. The number of nitrogens with one attached hydrogen (secondary N) is 1. The van der Waals surface area contributed by atoms with Crippen LogP contribution in [0.2, 0.25) is 5.02 Å². The zero-order valence-electron chi connectivity index (χ0n) is 9.43. The monoisotopic (exact) mass is 313 g/mol. The van der Waals surface area contributed by atoms with E-state index in [0.717, 1.165) is 34.1 Å². The van der Waals surface area contributed by atoms with Crippen molar-refractivity contribution in [3.8, 4) is 11.3 Å². The SMILES string of the molecule is CCCc1c(N)n[nH]c1-c1ccc(Cl)c(Br)c1. The van der Waals surface area contributed by atoms with Crippen molar-refractivity contribution < 1.29 is 0 Å². The molecule has 17 heavy (non-hydrogen) atoms. The fourth-order valence-electron chi connectivity index (χ4n) is 1.77. The summed E-state index contributed by atoms with van der Waals surface area (Å²) in [6.07, 6.45) is 1.95. The Morgan fingerprint density at radius 1 is 1.47 bits per heavy atom. The van der Waals surface area contributed by atoms with E-state index in [0.29, 0.717) is 10.8 Å². The van der Waals surface area contributed by atoms with Crippen LogP contribution in [0.15, 0.2) is 22.7 Å². The number of anilines is 1. The van der Waals surface area contributed by atoms with Crippen molar-refractivity contribution >= 4 is 33.3 Å². The van der Waals surface area contributed by atoms with Crippen LogP contribution in [0.1, 0.15) is 18.9 Å². The molecule has 1 aromatic carbocycles. The van der Waals surface area contributed by atoms with Gasteiger partial charge in [0.25, 0.3) is 0 Å². The average Bonchev–Trinajstić information content (AvgIpc) is 2.66. The van der Waals surface area contributed by atoms with Gasteiger partial charge in [0.05, 0.1) is 10.7 Å². The highest BCUT2D eigenvalue weighted by Crippen LogP contribution is 2.31. The molecule has 0 saturated carbocycles. The molecule has 0 fully saturated rings. The normalized spacial score (nSPS) is 10.8. The number of hydrogen-bond acceptors (Lipinski definition) is 2. The minimum absolute atomic E-state index is 0.577. The van der Waals surface area contributed by atoms with Crippen LogP contribution < -0.4 is 5.73 Å². The van der Waals surface area contributed by atoms with Crippen molar-refractivity contribution in [2.75, 3.05) is 5.73 Å². The summed E-state index contributed by atoms with van der Waals surface area (Å²) in [5.74, 6) is 0.577. The Balaban J connectivity index is 2.48. The third-order valence-corrected chi connectivity index (χ3v) is 3.82. The summed E-state index contributed by atoms with van der Waals surface area (Å²) in [7, 11) is 0. The molecule has 0 unspecified atom stereocenters. The van der Waals surface area contributed by atoms with Crippen LogP contribution in [-0.2, 0) is 6.42 Å². The van der Waals surface area contributed by atoms with E-state index in [4.69, 9.17) is 17.3 Å². The van der Waals surface area contributed by atoms with Gasteiger partial charge in [-0.2, -0.15) is 5.10 Å². The summed E-state index contributed by atoms with van der Waals surface area (Å²) in [6, 6.07) is 5.78. The standard InChI is InChI=1S/C12H13BrClN3/c1-2-3-8-11(16-17-12(8)15)7-4-5-10(14)9(13)6-7/h4-6H,2-3H2,1H3,(H3,15,16,17). The molecule has 5 heteroatoms. The van der Waals surface area contributed by atoms with Crippen LogP contribution in [0.3, 0.4) is 0 Å². The first-order valence-corrected chi connectivity index (χ1v) is 6.58. The molecule has 0 bridgehead atoms. The van der Waals surface area contributed by atoms with Crippen LogP contribution >= 0.6 is 27.5 Å². The molecular weight excluding hydrogens is 302 g/mol. The highest BCUT2D eigenvalue weighted by atomic mass is 79.9. The van der Waals surface area contributed by atoms with Gasteiger partial charge in [0.15, 0.2) is 0 Å². The molecule has 1 aromatic heterocycles. The maximum Gasteiger partial charge on any atom is 0.149 e. The van der Waals surface area contributed by atoms with E-state index in [9.17, 15) is 0 Å². The molecule has 2 rings (SSSR count). The Labute approximate surface area is 113 Å². The third kappa shape index (κ3) is 2.48. The van der Waals surface area contributed by atoms with Gasteiger partial charge in [0.2, 0.25) is 0 Å². The van der Waals surface area contributed by atoms with E-state index < -0.39 is 0 Å². The lowest BCUT2D eigenvalue weighted by Gasteiger charge is -2.04. The number of aromatic nitrogens is 2. The third-order valence-electron chi connectivity index (χ3n) is 2.61. The first-order valence-electron chi connectivity index (χ1n) is 5.41. The van der Waals surface area contributed by atoms with Gasteiger partial charge >= 0.3 is 0 Å². The lowest BCUT2D eigenvalue weighted by atomic mass is 10.0. The molecule has 0 aliphatic heterocycles. The van der Waals surface area contributed by atoms with Gasteiger partial charge < -0.3 is 5.73 Å². The number of nitrogens with zero attached hydrogens (tertiary/aromatic N) is 1. The Kier molecular flexibility index (Phi) is 3.74. The predicted octanol–water partition coefficient (Wildman–Crippen LogP) is 4.03. The second-order valence-corrected chi connectivity index (χ2v) is 5.10. The number of aromatic amines is 1. The van der Waals surface area contributed by atoms with Gasteiger partial charge in [-0.15, -0.1) is 0 Å². The molecular formula is C12H13BrClN3. The van der Waals surface area contributed by atoms with Crippen molar-refractivity contribution in [3.63, 3.8) is 0 Å². The van der Waals surface area contributed by atoms with E-state index in [-0.39, 0.29) is 0 Å². The van der Waals surface area contributed by atoms with Gasteiger partial charge in [-0.05, 0) is 34.5 Å². The molecule has 2 aromatic rings. The molecule has 0 atom stereocenters. The Morgan fingerprint density at radius 3 is 2.88 bits per heavy atom. The maximum atomic E-state index is 5.98. The molecule has 90 valence electrons. The molecule has 0 radical (unpaired) electrons. The van der Waals surface area contributed by atoms with E-state index in [2.05, 4.69) is 33.1 Å². The zero-order valence-corrected chi connectivity index (χ0v) is 11.8. The van der Waals surface area contributed by atoms with E-state index in [1.807, 2.05) is 18.2 Å². The zero-order chi connectivity index (χ0) is 12.4. The second kappa shape index (κ2) is 5.10. The van der Waals surface area contributed by atoms with Crippen molar-refractivity contribution in [2.45, 2.75) is 19.8 Å². The number of H-pyrrole nitrogens is 1. The van der Waals surface area contributed by atoms with E-state index in [1.54, 1.807) is 0 Å². The van der Waals surface area contributed by atoms with Gasteiger partial charge in [-0.25, -0.2) is 0 Å². The fourth-order valence-corrected chi connectivity index (χ4v) is 2.27. The summed E-state index contributed by atoms with van der Waals surface area (Å²) in [6.45, 7) is 2.12. The molecule has 0 amide bonds.